The zero-order valence-corrected chi connectivity index (χ0v) is 21.6. The monoisotopic (exact) mass is 523 g/mol. The molecule has 0 spiro atoms. The first-order valence-electron chi connectivity index (χ1n) is 11.8. The second kappa shape index (κ2) is 10.7. The summed E-state index contributed by atoms with van der Waals surface area (Å²) in [7, 11) is 8.72. The van der Waals surface area contributed by atoms with Gasteiger partial charge in [0, 0.05) is 26.2 Å². The van der Waals surface area contributed by atoms with E-state index < -0.39 is 29.5 Å². The molecule has 0 saturated carbocycles. The van der Waals surface area contributed by atoms with Crippen LogP contribution in [0, 0.1) is 5.92 Å². The Morgan fingerprint density at radius 1 is 1.18 bits per heavy atom. The molecule has 2 aromatic heterocycles. The third-order valence-corrected chi connectivity index (χ3v) is 5.61. The fourth-order valence-electron chi connectivity index (χ4n) is 3.78. The molecule has 3 N–H and O–H groups in total. The largest absolute Gasteiger partial charge is 0.494 e. The van der Waals surface area contributed by atoms with Gasteiger partial charge in [0.2, 0.25) is 6.43 Å². The van der Waals surface area contributed by atoms with E-state index in [9.17, 15) is 18.4 Å². The molecule has 4 rings (SSSR count). The third kappa shape index (κ3) is 6.03. The zero-order chi connectivity index (χ0) is 27.6. The number of urea groups is 1. The minimum Gasteiger partial charge on any atom is -0.494 e. The van der Waals surface area contributed by atoms with E-state index in [1.165, 1.54) is 18.1 Å². The van der Waals surface area contributed by atoms with Crippen molar-refractivity contribution in [1.82, 2.24) is 35.2 Å². The lowest BCUT2D eigenvalue weighted by molar-refractivity contribution is -0.00208. The van der Waals surface area contributed by atoms with E-state index in [0.29, 0.717) is 22.8 Å². The van der Waals surface area contributed by atoms with Crippen LogP contribution in [-0.2, 0) is 7.05 Å². The fourth-order valence-corrected chi connectivity index (χ4v) is 3.78. The SMILES string of the molecule is BC(B)(B)NC(=O)c1nnc(NC(=O)N2CC(C(F)F)C2)cc1Nc1cccc(-c2ncn(C)n2)c1OC. The number of likely N-dealkylation sites (tertiary alicyclic amines) is 1. The quantitative estimate of drug-likeness (QED) is 0.320. The van der Waals surface area contributed by atoms with Gasteiger partial charge in [-0.25, -0.2) is 18.6 Å². The van der Waals surface area contributed by atoms with Gasteiger partial charge in [0.05, 0.1) is 30.0 Å². The van der Waals surface area contributed by atoms with E-state index in [0.717, 1.165) is 0 Å². The highest BCUT2D eigenvalue weighted by Gasteiger charge is 2.37. The van der Waals surface area contributed by atoms with E-state index in [1.807, 2.05) is 23.5 Å². The first-order chi connectivity index (χ1) is 17.9. The van der Waals surface area contributed by atoms with Crippen LogP contribution in [0.3, 0.4) is 0 Å². The second-order valence-corrected chi connectivity index (χ2v) is 9.88. The van der Waals surface area contributed by atoms with Gasteiger partial charge < -0.3 is 20.3 Å². The number of hydrogen-bond acceptors (Lipinski definition) is 8. The van der Waals surface area contributed by atoms with Crippen LogP contribution in [0.4, 0.5) is 30.8 Å². The molecule has 0 unspecified atom stereocenters. The van der Waals surface area contributed by atoms with E-state index in [-0.39, 0.29) is 30.3 Å². The van der Waals surface area contributed by atoms with Crippen LogP contribution in [0.5, 0.6) is 5.75 Å². The topological polar surface area (TPSA) is 139 Å². The Balaban J connectivity index is 1.66. The second-order valence-electron chi connectivity index (χ2n) is 9.88. The highest BCUT2D eigenvalue weighted by molar-refractivity contribution is 6.60. The van der Waals surface area contributed by atoms with Gasteiger partial charge in [-0.05, 0) is 17.4 Å². The van der Waals surface area contributed by atoms with E-state index in [2.05, 4.69) is 36.2 Å². The van der Waals surface area contributed by atoms with Crippen molar-refractivity contribution in [2.24, 2.45) is 13.0 Å². The van der Waals surface area contributed by atoms with Gasteiger partial charge in [0.1, 0.15) is 29.9 Å². The summed E-state index contributed by atoms with van der Waals surface area (Å²) in [4.78, 5) is 31.1. The summed E-state index contributed by atoms with van der Waals surface area (Å²) in [6.07, 6.45) is -0.921. The van der Waals surface area contributed by atoms with Crippen molar-refractivity contribution in [3.8, 4) is 17.1 Å². The molecule has 3 heterocycles. The van der Waals surface area contributed by atoms with Crippen LogP contribution in [0.25, 0.3) is 11.4 Å². The Morgan fingerprint density at radius 3 is 2.53 bits per heavy atom. The summed E-state index contributed by atoms with van der Waals surface area (Å²) in [5.74, 6) is -0.444. The molecule has 3 aromatic rings. The first kappa shape index (κ1) is 26.9. The predicted octanol–water partition coefficient (Wildman–Crippen LogP) is -1.01. The number of alkyl halides is 2. The van der Waals surface area contributed by atoms with Crippen LogP contribution in [-0.4, -0.2) is 97.2 Å². The van der Waals surface area contributed by atoms with Gasteiger partial charge in [-0.1, -0.05) is 6.07 Å². The van der Waals surface area contributed by atoms with Crippen LogP contribution >= 0.6 is 0 Å². The predicted molar refractivity (Wildman–Crippen MR) is 144 cm³/mol. The van der Waals surface area contributed by atoms with Crippen LogP contribution < -0.4 is 20.7 Å². The smallest absolute Gasteiger partial charge is 0.323 e. The minimum atomic E-state index is -2.48. The fraction of sp³-hybridized carbons (Fsp3) is 0.333. The number of nitrogens with zero attached hydrogens (tertiary/aromatic N) is 6. The van der Waals surface area contributed by atoms with Crippen LogP contribution in [0.15, 0.2) is 30.6 Å². The van der Waals surface area contributed by atoms with Crippen molar-refractivity contribution < 1.29 is 23.1 Å². The normalized spacial score (nSPS) is 13.7. The molecule has 0 atom stereocenters. The summed E-state index contributed by atoms with van der Waals surface area (Å²) in [6, 6.07) is 6.15. The average Bonchev–Trinajstić information content (AvgIpc) is 3.22. The van der Waals surface area contributed by atoms with Gasteiger partial charge in [0.15, 0.2) is 23.1 Å². The molecule has 1 aromatic carbocycles. The molecule has 17 heteroatoms. The van der Waals surface area contributed by atoms with Crippen LogP contribution in [0.1, 0.15) is 10.5 Å². The summed E-state index contributed by atoms with van der Waals surface area (Å²) < 4.78 is 32.8. The average molecular weight is 523 g/mol. The molecule has 1 aliphatic heterocycles. The van der Waals surface area contributed by atoms with Crippen LogP contribution in [0.2, 0.25) is 0 Å². The van der Waals surface area contributed by atoms with Crippen molar-refractivity contribution in [2.75, 3.05) is 30.8 Å². The lowest BCUT2D eigenvalue weighted by Gasteiger charge is -2.38. The number of aryl methyl sites for hydroxylation is 1. The molecule has 0 bridgehead atoms. The number of ether oxygens (including phenoxy) is 1. The van der Waals surface area contributed by atoms with Crippen molar-refractivity contribution >= 4 is 52.7 Å². The molecule has 0 aliphatic carbocycles. The number of carbonyl (C=O) groups excluding carboxylic acids is 2. The number of aromatic nitrogens is 5. The number of amides is 3. The maximum Gasteiger partial charge on any atom is 0.323 e. The number of carbonyl (C=O) groups is 2. The highest BCUT2D eigenvalue weighted by atomic mass is 19.3. The molecule has 12 nitrogen and oxygen atoms in total. The summed E-state index contributed by atoms with van der Waals surface area (Å²) in [5.41, 5.74) is 1.30. The molecular weight excluding hydrogens is 497 g/mol. The molecule has 3 amide bonds. The van der Waals surface area contributed by atoms with E-state index in [4.69, 9.17) is 4.74 Å². The molecule has 0 radical (unpaired) electrons. The van der Waals surface area contributed by atoms with Gasteiger partial charge in [-0.15, -0.1) is 10.2 Å². The van der Waals surface area contributed by atoms with Crippen molar-refractivity contribution in [3.05, 3.63) is 36.3 Å². The number of hydrogen-bond donors (Lipinski definition) is 3. The highest BCUT2D eigenvalue weighted by Crippen LogP contribution is 2.37. The van der Waals surface area contributed by atoms with Gasteiger partial charge in [0.25, 0.3) is 5.91 Å². The molecule has 38 heavy (non-hydrogen) atoms. The molecule has 1 saturated heterocycles. The molecule has 196 valence electrons. The van der Waals surface area contributed by atoms with E-state index in [1.54, 1.807) is 36.3 Å². The number of para-hydroxylation sites is 1. The zero-order valence-electron chi connectivity index (χ0n) is 21.6. The Hall–Kier alpha value is -4.17. The number of benzene rings is 1. The Morgan fingerprint density at radius 2 is 1.92 bits per heavy atom. The Bertz CT molecular complexity index is 1350. The summed E-state index contributed by atoms with van der Waals surface area (Å²) in [6.45, 7) is -0.112. The lowest BCUT2D eigenvalue weighted by Crippen LogP contribution is -2.54. The lowest BCUT2D eigenvalue weighted by atomic mass is 9.49. The molecule has 1 fully saturated rings. The number of anilines is 3. The number of nitrogens with one attached hydrogen (secondary N) is 3. The number of halogens is 2. The van der Waals surface area contributed by atoms with Crippen molar-refractivity contribution in [3.63, 3.8) is 0 Å². The number of rotatable bonds is 8. The van der Waals surface area contributed by atoms with Crippen molar-refractivity contribution in [2.45, 2.75) is 11.7 Å². The van der Waals surface area contributed by atoms with Gasteiger partial charge >= 0.3 is 6.03 Å². The summed E-state index contributed by atoms with van der Waals surface area (Å²) in [5, 5.41) is 20.3. The Labute approximate surface area is 220 Å². The Kier molecular flexibility index (Phi) is 7.55. The molecular formula is C21H26B3F2N9O3. The maximum atomic E-state index is 13.0. The van der Waals surface area contributed by atoms with Gasteiger partial charge in [-0.2, -0.15) is 5.10 Å². The third-order valence-electron chi connectivity index (χ3n) is 5.61. The number of methoxy groups -OCH3 is 1. The standard InChI is InChI=1S/C21H26B3F2N9O3/c1-34-9-27-18(33-34)11-4-3-5-12(16(11)38-2)28-13-6-14(29-20(37)35-7-10(8-35)17(25)26)31-32-15(13)19(36)30-21(22,23)24/h3-6,9-10,17H,7-8,22-24H2,1-2H3,(H,30,36)(H2,28,29,31,37). The minimum absolute atomic E-state index is 0.0249. The molecule has 1 aliphatic rings. The van der Waals surface area contributed by atoms with Gasteiger partial charge in [-0.3, -0.25) is 14.8 Å². The van der Waals surface area contributed by atoms with E-state index >= 15 is 0 Å². The first-order valence-corrected chi connectivity index (χ1v) is 11.8. The summed E-state index contributed by atoms with van der Waals surface area (Å²) >= 11 is 0. The van der Waals surface area contributed by atoms with Crippen molar-refractivity contribution in [1.29, 1.82) is 0 Å². The maximum absolute atomic E-state index is 13.0.